The average Bonchev–Trinajstić information content (AvgIpc) is 2.78. The molecule has 1 amide bonds. The van der Waals surface area contributed by atoms with Crippen LogP contribution in [0.2, 0.25) is 0 Å². The van der Waals surface area contributed by atoms with Gasteiger partial charge < -0.3 is 29.0 Å². The summed E-state index contributed by atoms with van der Waals surface area (Å²) in [7, 11) is 4.28. The summed E-state index contributed by atoms with van der Waals surface area (Å²) >= 11 is 0. The zero-order valence-electron chi connectivity index (χ0n) is 18.5. The number of carbonyl (C=O) groups excluding carboxylic acids is 2. The van der Waals surface area contributed by atoms with E-state index in [-0.39, 0.29) is 30.2 Å². The van der Waals surface area contributed by atoms with Crippen molar-refractivity contribution >= 4 is 17.6 Å². The molecule has 180 valence electrons. The lowest BCUT2D eigenvalue weighted by Gasteiger charge is -2.15. The number of hydrogen-bond acceptors (Lipinski definition) is 7. The number of halogens is 3. The number of hydrogen-bond donors (Lipinski definition) is 1. The standard InChI is InChI=1S/C22H24F3NO7/c1-13-18(30-3)9-14(10-19(13)31-4)21(28)33-12-20(27)26-16-11-15(22(23,24)25)5-6-17(16)32-8-7-29-2/h5-6,9-11H,7-8,12H2,1-4H3,(H,26,27). The summed E-state index contributed by atoms with van der Waals surface area (Å²) in [5, 5.41) is 2.28. The number of anilines is 1. The predicted molar refractivity (Wildman–Crippen MR) is 112 cm³/mol. The molecule has 1 N–H and O–H groups in total. The van der Waals surface area contributed by atoms with E-state index < -0.39 is 30.2 Å². The van der Waals surface area contributed by atoms with Crippen LogP contribution >= 0.6 is 0 Å². The first kappa shape index (κ1) is 25.8. The van der Waals surface area contributed by atoms with Gasteiger partial charge in [-0.2, -0.15) is 13.2 Å². The van der Waals surface area contributed by atoms with Crippen LogP contribution in [0.5, 0.6) is 17.2 Å². The Morgan fingerprint density at radius 3 is 2.12 bits per heavy atom. The van der Waals surface area contributed by atoms with Crippen LogP contribution in [0.15, 0.2) is 30.3 Å². The summed E-state index contributed by atoms with van der Waals surface area (Å²) < 4.78 is 64.8. The Balaban J connectivity index is 2.13. The number of carbonyl (C=O) groups is 2. The first-order chi connectivity index (χ1) is 15.6. The maximum atomic E-state index is 13.1. The van der Waals surface area contributed by atoms with Crippen molar-refractivity contribution in [2.24, 2.45) is 0 Å². The van der Waals surface area contributed by atoms with Gasteiger partial charge in [-0.1, -0.05) is 0 Å². The minimum Gasteiger partial charge on any atom is -0.496 e. The Hall–Kier alpha value is -3.47. The summed E-state index contributed by atoms with van der Waals surface area (Å²) in [6.45, 7) is 1.24. The molecule has 0 aliphatic heterocycles. The molecule has 0 bridgehead atoms. The largest absolute Gasteiger partial charge is 0.496 e. The molecule has 0 aliphatic rings. The zero-order chi connectivity index (χ0) is 24.6. The van der Waals surface area contributed by atoms with E-state index in [4.69, 9.17) is 23.7 Å². The Morgan fingerprint density at radius 2 is 1.58 bits per heavy atom. The van der Waals surface area contributed by atoms with Gasteiger partial charge >= 0.3 is 12.1 Å². The van der Waals surface area contributed by atoms with Crippen molar-refractivity contribution < 1.29 is 46.4 Å². The van der Waals surface area contributed by atoms with Crippen LogP contribution < -0.4 is 19.5 Å². The molecule has 33 heavy (non-hydrogen) atoms. The number of ether oxygens (including phenoxy) is 5. The quantitative estimate of drug-likeness (QED) is 0.416. The minimum atomic E-state index is -4.62. The van der Waals surface area contributed by atoms with Crippen molar-refractivity contribution in [1.29, 1.82) is 0 Å². The molecule has 0 saturated heterocycles. The summed E-state index contributed by atoms with van der Waals surface area (Å²) in [6, 6.07) is 5.50. The van der Waals surface area contributed by atoms with Crippen LogP contribution in [0.4, 0.5) is 18.9 Å². The Labute approximate surface area is 188 Å². The van der Waals surface area contributed by atoms with E-state index >= 15 is 0 Å². The molecule has 0 unspecified atom stereocenters. The zero-order valence-corrected chi connectivity index (χ0v) is 18.5. The maximum absolute atomic E-state index is 13.1. The molecule has 0 aliphatic carbocycles. The molecule has 0 saturated carbocycles. The van der Waals surface area contributed by atoms with Crippen molar-refractivity contribution in [3.8, 4) is 17.2 Å². The second-order valence-electron chi connectivity index (χ2n) is 6.68. The molecule has 2 aromatic rings. The first-order valence-corrected chi connectivity index (χ1v) is 9.63. The lowest BCUT2D eigenvalue weighted by molar-refractivity contribution is -0.137. The third-order valence-corrected chi connectivity index (χ3v) is 4.45. The van der Waals surface area contributed by atoms with Gasteiger partial charge in [0, 0.05) is 12.7 Å². The number of nitrogens with one attached hydrogen (secondary N) is 1. The van der Waals surface area contributed by atoms with E-state index in [2.05, 4.69) is 5.32 Å². The predicted octanol–water partition coefficient (Wildman–Crippen LogP) is 3.85. The van der Waals surface area contributed by atoms with Crippen molar-refractivity contribution in [3.63, 3.8) is 0 Å². The number of benzene rings is 2. The van der Waals surface area contributed by atoms with Crippen molar-refractivity contribution in [2.75, 3.05) is 46.5 Å². The van der Waals surface area contributed by atoms with Gasteiger partial charge in [0.15, 0.2) is 6.61 Å². The Morgan fingerprint density at radius 1 is 0.939 bits per heavy atom. The fourth-order valence-electron chi connectivity index (χ4n) is 2.77. The molecule has 0 radical (unpaired) electrons. The molecule has 8 nitrogen and oxygen atoms in total. The van der Waals surface area contributed by atoms with Crippen molar-refractivity contribution in [3.05, 3.63) is 47.0 Å². The fourth-order valence-corrected chi connectivity index (χ4v) is 2.77. The van der Waals surface area contributed by atoms with Crippen LogP contribution in [0, 0.1) is 6.92 Å². The van der Waals surface area contributed by atoms with Crippen LogP contribution in [0.25, 0.3) is 0 Å². The van der Waals surface area contributed by atoms with E-state index in [9.17, 15) is 22.8 Å². The number of rotatable bonds is 10. The van der Waals surface area contributed by atoms with Crippen LogP contribution in [0.3, 0.4) is 0 Å². The topological polar surface area (TPSA) is 92.3 Å². The monoisotopic (exact) mass is 471 g/mol. The molecule has 0 atom stereocenters. The van der Waals surface area contributed by atoms with Gasteiger partial charge in [0.25, 0.3) is 5.91 Å². The second-order valence-corrected chi connectivity index (χ2v) is 6.68. The average molecular weight is 471 g/mol. The van der Waals surface area contributed by atoms with Gasteiger partial charge in [0.05, 0.1) is 37.6 Å². The minimum absolute atomic E-state index is 0.00716. The van der Waals surface area contributed by atoms with Gasteiger partial charge in [-0.15, -0.1) is 0 Å². The fraction of sp³-hybridized carbons (Fsp3) is 0.364. The van der Waals surface area contributed by atoms with E-state index in [0.717, 1.165) is 18.2 Å². The summed E-state index contributed by atoms with van der Waals surface area (Å²) in [5.41, 5.74) is -0.460. The molecule has 0 aromatic heterocycles. The highest BCUT2D eigenvalue weighted by atomic mass is 19.4. The number of esters is 1. The molecule has 0 spiro atoms. The highest BCUT2D eigenvalue weighted by molar-refractivity contribution is 5.96. The smallest absolute Gasteiger partial charge is 0.416 e. The highest BCUT2D eigenvalue weighted by Gasteiger charge is 2.31. The summed E-state index contributed by atoms with van der Waals surface area (Å²) in [5.74, 6) is -0.930. The van der Waals surface area contributed by atoms with Gasteiger partial charge in [-0.25, -0.2) is 4.79 Å². The first-order valence-electron chi connectivity index (χ1n) is 9.63. The summed E-state index contributed by atoms with van der Waals surface area (Å²) in [4.78, 5) is 24.7. The molecule has 2 aromatic carbocycles. The Bertz CT molecular complexity index is 967. The lowest BCUT2D eigenvalue weighted by atomic mass is 10.1. The van der Waals surface area contributed by atoms with E-state index in [0.29, 0.717) is 17.1 Å². The molecule has 2 rings (SSSR count). The van der Waals surface area contributed by atoms with E-state index in [1.807, 2.05) is 0 Å². The molecular weight excluding hydrogens is 447 g/mol. The second kappa shape index (κ2) is 11.4. The summed E-state index contributed by atoms with van der Waals surface area (Å²) in [6.07, 6.45) is -4.62. The number of amides is 1. The number of alkyl halides is 3. The van der Waals surface area contributed by atoms with Gasteiger partial charge in [-0.3, -0.25) is 4.79 Å². The van der Waals surface area contributed by atoms with Crippen LogP contribution in [-0.4, -0.2) is 53.0 Å². The number of methoxy groups -OCH3 is 3. The highest BCUT2D eigenvalue weighted by Crippen LogP contribution is 2.35. The Kier molecular flexibility index (Phi) is 8.92. The van der Waals surface area contributed by atoms with E-state index in [1.54, 1.807) is 6.92 Å². The van der Waals surface area contributed by atoms with Gasteiger partial charge in [0.2, 0.25) is 0 Å². The third-order valence-electron chi connectivity index (χ3n) is 4.45. The van der Waals surface area contributed by atoms with Crippen molar-refractivity contribution in [1.82, 2.24) is 0 Å². The molecule has 0 heterocycles. The molecule has 0 fully saturated rings. The van der Waals surface area contributed by atoms with E-state index in [1.165, 1.54) is 33.5 Å². The molecule has 11 heteroatoms. The SMILES string of the molecule is COCCOc1ccc(C(F)(F)F)cc1NC(=O)COC(=O)c1cc(OC)c(C)c(OC)c1. The maximum Gasteiger partial charge on any atom is 0.416 e. The van der Waals surface area contributed by atoms with Crippen LogP contribution in [-0.2, 0) is 20.4 Å². The van der Waals surface area contributed by atoms with Gasteiger partial charge in [0.1, 0.15) is 23.9 Å². The van der Waals surface area contributed by atoms with Crippen LogP contribution in [0.1, 0.15) is 21.5 Å². The van der Waals surface area contributed by atoms with Gasteiger partial charge in [-0.05, 0) is 37.3 Å². The third kappa shape index (κ3) is 7.01. The lowest BCUT2D eigenvalue weighted by Crippen LogP contribution is -2.22. The van der Waals surface area contributed by atoms with Crippen molar-refractivity contribution in [2.45, 2.75) is 13.1 Å². The normalized spacial score (nSPS) is 11.0. The molecular formula is C22H24F3NO7.